The van der Waals surface area contributed by atoms with Crippen LogP contribution in [-0.4, -0.2) is 40.0 Å². The van der Waals surface area contributed by atoms with Crippen molar-refractivity contribution in [3.8, 4) is 0 Å². The first-order valence-corrected chi connectivity index (χ1v) is 8.21. The molecule has 0 fully saturated rings. The van der Waals surface area contributed by atoms with Crippen molar-refractivity contribution in [3.63, 3.8) is 0 Å². The highest BCUT2D eigenvalue weighted by Crippen LogP contribution is 2.09. The minimum Gasteiger partial charge on any atom is -0.355 e. The molecule has 2 N–H and O–H groups in total. The van der Waals surface area contributed by atoms with E-state index in [0.29, 0.717) is 24.1 Å². The van der Waals surface area contributed by atoms with Crippen molar-refractivity contribution >= 4 is 51.4 Å². The van der Waals surface area contributed by atoms with Crippen LogP contribution in [0, 0.1) is 0 Å². The van der Waals surface area contributed by atoms with E-state index in [4.69, 9.17) is 11.6 Å². The summed E-state index contributed by atoms with van der Waals surface area (Å²) in [4.78, 5) is 4.01. The second-order valence-electron chi connectivity index (χ2n) is 4.11. The molecule has 0 aliphatic rings. The molecule has 114 valence electrons. The Morgan fingerprint density at radius 1 is 1.35 bits per heavy atom. The number of hydrogen-bond acceptors (Lipinski definition) is 3. The zero-order valence-electron chi connectivity index (χ0n) is 11.4. The zero-order valence-corrected chi connectivity index (χ0v) is 15.3. The third-order valence-corrected chi connectivity index (χ3v) is 3.52. The standard InChI is InChI=1S/C12H18ClN3O2S.HI/c1-14-12(15-6-7-19(2,17)18)16-9-10-4-3-5-11(13)8-10;/h3-5,8H,6-7,9H2,1-2H3,(H2,14,15,16);1H. The van der Waals surface area contributed by atoms with Crippen LogP contribution in [0.15, 0.2) is 29.3 Å². The molecular weight excluding hydrogens is 413 g/mol. The Morgan fingerprint density at radius 3 is 2.60 bits per heavy atom. The molecule has 20 heavy (non-hydrogen) atoms. The van der Waals surface area contributed by atoms with Crippen molar-refractivity contribution in [2.45, 2.75) is 6.54 Å². The summed E-state index contributed by atoms with van der Waals surface area (Å²) >= 11 is 5.89. The number of halogens is 2. The summed E-state index contributed by atoms with van der Waals surface area (Å²) in [7, 11) is -1.33. The lowest BCUT2D eigenvalue weighted by atomic mass is 10.2. The number of rotatable bonds is 5. The van der Waals surface area contributed by atoms with E-state index in [-0.39, 0.29) is 29.7 Å². The lowest BCUT2D eigenvalue weighted by Gasteiger charge is -2.11. The molecule has 5 nitrogen and oxygen atoms in total. The molecule has 0 aliphatic heterocycles. The molecule has 0 spiro atoms. The van der Waals surface area contributed by atoms with Gasteiger partial charge in [0.05, 0.1) is 5.75 Å². The van der Waals surface area contributed by atoms with Gasteiger partial charge in [-0.3, -0.25) is 4.99 Å². The summed E-state index contributed by atoms with van der Waals surface area (Å²) in [6.07, 6.45) is 1.21. The van der Waals surface area contributed by atoms with Gasteiger partial charge in [0, 0.05) is 31.4 Å². The molecule has 1 rings (SSSR count). The van der Waals surface area contributed by atoms with Crippen molar-refractivity contribution < 1.29 is 8.42 Å². The van der Waals surface area contributed by atoms with Gasteiger partial charge >= 0.3 is 0 Å². The van der Waals surface area contributed by atoms with Gasteiger partial charge in [-0.1, -0.05) is 23.7 Å². The topological polar surface area (TPSA) is 70.6 Å². The number of sulfone groups is 1. The number of nitrogens with zero attached hydrogens (tertiary/aromatic N) is 1. The van der Waals surface area contributed by atoms with Gasteiger partial charge in [0.15, 0.2) is 5.96 Å². The first-order valence-electron chi connectivity index (χ1n) is 5.77. The van der Waals surface area contributed by atoms with Crippen molar-refractivity contribution in [3.05, 3.63) is 34.9 Å². The van der Waals surface area contributed by atoms with E-state index in [1.807, 2.05) is 24.3 Å². The Bertz CT molecular complexity index is 549. The van der Waals surface area contributed by atoms with Gasteiger partial charge in [-0.2, -0.15) is 0 Å². The molecule has 0 aliphatic carbocycles. The van der Waals surface area contributed by atoms with Crippen molar-refractivity contribution in [1.29, 1.82) is 0 Å². The second-order valence-corrected chi connectivity index (χ2v) is 6.81. The van der Waals surface area contributed by atoms with Gasteiger partial charge in [0.25, 0.3) is 0 Å². The highest BCUT2D eigenvalue weighted by molar-refractivity contribution is 14.0. The molecule has 0 saturated heterocycles. The molecule has 1 aromatic carbocycles. The van der Waals surface area contributed by atoms with E-state index in [1.165, 1.54) is 6.26 Å². The molecule has 0 saturated carbocycles. The minimum absolute atomic E-state index is 0. The lowest BCUT2D eigenvalue weighted by Crippen LogP contribution is -2.39. The first kappa shape index (κ1) is 19.5. The van der Waals surface area contributed by atoms with Crippen LogP contribution in [0.4, 0.5) is 0 Å². The van der Waals surface area contributed by atoms with Crippen LogP contribution in [0.5, 0.6) is 0 Å². The zero-order chi connectivity index (χ0) is 14.3. The summed E-state index contributed by atoms with van der Waals surface area (Å²) in [5.41, 5.74) is 1.03. The number of aliphatic imine (C=N–C) groups is 1. The average Bonchev–Trinajstić information content (AvgIpc) is 2.32. The van der Waals surface area contributed by atoms with Crippen LogP contribution >= 0.6 is 35.6 Å². The number of hydrogen-bond donors (Lipinski definition) is 2. The number of nitrogens with one attached hydrogen (secondary N) is 2. The maximum atomic E-state index is 11.0. The van der Waals surface area contributed by atoms with Gasteiger partial charge in [0.1, 0.15) is 9.84 Å². The molecule has 0 radical (unpaired) electrons. The fourth-order valence-electron chi connectivity index (χ4n) is 1.41. The molecule has 1 aromatic rings. The highest BCUT2D eigenvalue weighted by atomic mass is 127. The fraction of sp³-hybridized carbons (Fsp3) is 0.417. The number of guanidine groups is 1. The first-order chi connectivity index (χ1) is 8.90. The van der Waals surface area contributed by atoms with Crippen molar-refractivity contribution in [1.82, 2.24) is 10.6 Å². The Balaban J connectivity index is 0.00000361. The maximum Gasteiger partial charge on any atom is 0.191 e. The van der Waals surface area contributed by atoms with E-state index in [1.54, 1.807) is 7.05 Å². The molecule has 8 heteroatoms. The summed E-state index contributed by atoms with van der Waals surface area (Å²) in [5, 5.41) is 6.70. The monoisotopic (exact) mass is 431 g/mol. The van der Waals surface area contributed by atoms with Crippen LogP contribution in [-0.2, 0) is 16.4 Å². The van der Waals surface area contributed by atoms with Gasteiger partial charge < -0.3 is 10.6 Å². The maximum absolute atomic E-state index is 11.0. The summed E-state index contributed by atoms with van der Waals surface area (Å²) < 4.78 is 22.0. The predicted octanol–water partition coefficient (Wildman–Crippen LogP) is 1.67. The van der Waals surface area contributed by atoms with E-state index in [9.17, 15) is 8.42 Å². The number of benzene rings is 1. The summed E-state index contributed by atoms with van der Waals surface area (Å²) in [6.45, 7) is 0.896. The minimum atomic E-state index is -2.96. The quantitative estimate of drug-likeness (QED) is 0.423. The van der Waals surface area contributed by atoms with E-state index in [2.05, 4.69) is 15.6 Å². The lowest BCUT2D eigenvalue weighted by molar-refractivity contribution is 0.600. The normalized spacial score (nSPS) is 11.7. The molecule has 0 atom stereocenters. The SMILES string of the molecule is CN=C(NCCS(C)(=O)=O)NCc1cccc(Cl)c1.I. The second kappa shape index (κ2) is 9.41. The van der Waals surface area contributed by atoms with Crippen LogP contribution in [0.25, 0.3) is 0 Å². The molecule has 0 heterocycles. The van der Waals surface area contributed by atoms with Gasteiger partial charge in [0.2, 0.25) is 0 Å². The van der Waals surface area contributed by atoms with Crippen LogP contribution in [0.2, 0.25) is 5.02 Å². The van der Waals surface area contributed by atoms with Crippen molar-refractivity contribution in [2.24, 2.45) is 4.99 Å². The van der Waals surface area contributed by atoms with Crippen LogP contribution in [0.1, 0.15) is 5.56 Å². The van der Waals surface area contributed by atoms with Gasteiger partial charge in [-0.15, -0.1) is 24.0 Å². The summed E-state index contributed by atoms with van der Waals surface area (Å²) in [6, 6.07) is 7.49. The fourth-order valence-corrected chi connectivity index (χ4v) is 2.09. The Labute approximate surface area is 142 Å². The third-order valence-electron chi connectivity index (χ3n) is 2.34. The van der Waals surface area contributed by atoms with Crippen LogP contribution in [0.3, 0.4) is 0 Å². The molecule has 0 bridgehead atoms. The summed E-state index contributed by atoms with van der Waals surface area (Å²) in [5.74, 6) is 0.633. The Kier molecular flexibility index (Phi) is 9.15. The molecule has 0 aromatic heterocycles. The Hall–Kier alpha value is -0.540. The van der Waals surface area contributed by atoms with Gasteiger partial charge in [-0.25, -0.2) is 8.42 Å². The molecule has 0 amide bonds. The highest BCUT2D eigenvalue weighted by Gasteiger charge is 2.03. The van der Waals surface area contributed by atoms with E-state index >= 15 is 0 Å². The largest absolute Gasteiger partial charge is 0.355 e. The Morgan fingerprint density at radius 2 is 2.05 bits per heavy atom. The average molecular weight is 432 g/mol. The van der Waals surface area contributed by atoms with Crippen molar-refractivity contribution in [2.75, 3.05) is 25.6 Å². The van der Waals surface area contributed by atoms with E-state index in [0.717, 1.165) is 5.56 Å². The smallest absolute Gasteiger partial charge is 0.191 e. The third kappa shape index (κ3) is 8.60. The van der Waals surface area contributed by atoms with Crippen LogP contribution < -0.4 is 10.6 Å². The van der Waals surface area contributed by atoms with E-state index < -0.39 is 9.84 Å². The molecular formula is C12H19ClIN3O2S. The molecule has 0 unspecified atom stereocenters. The predicted molar refractivity (Wildman–Crippen MR) is 94.8 cm³/mol. The van der Waals surface area contributed by atoms with Gasteiger partial charge in [-0.05, 0) is 17.7 Å².